The fraction of sp³-hybridized carbons (Fsp3) is 0.308. The maximum absolute atomic E-state index is 6.06. The van der Waals surface area contributed by atoms with Crippen LogP contribution in [0.5, 0.6) is 0 Å². The lowest BCUT2D eigenvalue weighted by Gasteiger charge is -2.07. The molecule has 0 fully saturated rings. The molecule has 0 amide bonds. The smallest absolute Gasteiger partial charge is 0.133 e. The molecular weight excluding hydrogens is 269 g/mol. The van der Waals surface area contributed by atoms with Gasteiger partial charge >= 0.3 is 0 Å². The molecule has 2 heterocycles. The van der Waals surface area contributed by atoms with E-state index < -0.39 is 0 Å². The minimum absolute atomic E-state index is 0.550. The van der Waals surface area contributed by atoms with E-state index in [-0.39, 0.29) is 0 Å². The minimum Gasteiger partial charge on any atom is -0.369 e. The number of rotatable bonds is 2. The van der Waals surface area contributed by atoms with E-state index in [2.05, 4.69) is 17.3 Å². The predicted octanol–water partition coefficient (Wildman–Crippen LogP) is 3.71. The van der Waals surface area contributed by atoms with Gasteiger partial charge in [-0.25, -0.2) is 4.68 Å². The fourth-order valence-electron chi connectivity index (χ4n) is 2.33. The predicted molar refractivity (Wildman–Crippen MR) is 75.2 cm³/mol. The molecule has 1 aliphatic rings. The van der Waals surface area contributed by atoms with Crippen LogP contribution < -0.4 is 5.32 Å². The second kappa shape index (κ2) is 4.48. The van der Waals surface area contributed by atoms with Gasteiger partial charge in [0.15, 0.2) is 0 Å². The highest BCUT2D eigenvalue weighted by molar-refractivity contribution is 6.42. The third kappa shape index (κ3) is 1.78. The molecule has 5 heteroatoms. The Bertz CT molecular complexity index is 605. The summed E-state index contributed by atoms with van der Waals surface area (Å²) in [6, 6.07) is 5.57. The number of nitrogens with one attached hydrogen (secondary N) is 1. The molecule has 0 saturated carbocycles. The Balaban J connectivity index is 2.14. The second-order valence-electron chi connectivity index (χ2n) is 4.31. The zero-order valence-corrected chi connectivity index (χ0v) is 11.5. The average molecular weight is 282 g/mol. The van der Waals surface area contributed by atoms with E-state index in [1.807, 2.05) is 16.8 Å². The average Bonchev–Trinajstić information content (AvgIpc) is 2.94. The first-order chi connectivity index (χ1) is 8.70. The van der Waals surface area contributed by atoms with Gasteiger partial charge in [0.2, 0.25) is 0 Å². The number of aromatic nitrogens is 2. The summed E-state index contributed by atoms with van der Waals surface area (Å²) in [7, 11) is 0. The summed E-state index contributed by atoms with van der Waals surface area (Å²) in [6.45, 7) is 3.10. The normalized spacial score (nSPS) is 13.5. The molecule has 3 rings (SSSR count). The van der Waals surface area contributed by atoms with E-state index in [0.29, 0.717) is 10.0 Å². The van der Waals surface area contributed by atoms with Gasteiger partial charge in [0, 0.05) is 12.1 Å². The quantitative estimate of drug-likeness (QED) is 0.910. The zero-order valence-electron chi connectivity index (χ0n) is 10.0. The number of aryl methyl sites for hydroxylation is 1. The van der Waals surface area contributed by atoms with Crippen LogP contribution in [0, 0.1) is 0 Å². The highest BCUT2D eigenvalue weighted by Gasteiger charge is 2.22. The van der Waals surface area contributed by atoms with E-state index >= 15 is 0 Å². The third-order valence-corrected chi connectivity index (χ3v) is 3.96. The van der Waals surface area contributed by atoms with Crippen molar-refractivity contribution in [2.24, 2.45) is 0 Å². The van der Waals surface area contributed by atoms with Gasteiger partial charge in [0.05, 0.1) is 21.4 Å². The van der Waals surface area contributed by atoms with E-state index in [1.54, 1.807) is 6.07 Å². The van der Waals surface area contributed by atoms with Gasteiger partial charge < -0.3 is 5.32 Å². The van der Waals surface area contributed by atoms with Crippen molar-refractivity contribution < 1.29 is 0 Å². The highest BCUT2D eigenvalue weighted by Crippen LogP contribution is 2.31. The van der Waals surface area contributed by atoms with Crippen molar-refractivity contribution in [3.63, 3.8) is 0 Å². The van der Waals surface area contributed by atoms with Crippen LogP contribution in [0.4, 0.5) is 5.82 Å². The number of nitrogens with zero attached hydrogens (tertiary/aromatic N) is 2. The Morgan fingerprint density at radius 1 is 1.33 bits per heavy atom. The molecule has 1 aromatic carbocycles. The maximum Gasteiger partial charge on any atom is 0.133 e. The first-order valence-electron chi connectivity index (χ1n) is 6.00. The molecule has 0 unspecified atom stereocenters. The maximum atomic E-state index is 6.06. The molecule has 0 aliphatic carbocycles. The fourth-order valence-corrected chi connectivity index (χ4v) is 2.63. The van der Waals surface area contributed by atoms with E-state index in [1.165, 1.54) is 5.56 Å². The lowest BCUT2D eigenvalue weighted by atomic mass is 10.2. The second-order valence-corrected chi connectivity index (χ2v) is 5.13. The number of anilines is 1. The Kier molecular flexibility index (Phi) is 2.96. The summed E-state index contributed by atoms with van der Waals surface area (Å²) in [4.78, 5) is 0. The van der Waals surface area contributed by atoms with Gasteiger partial charge in [-0.2, -0.15) is 5.10 Å². The largest absolute Gasteiger partial charge is 0.369 e. The van der Waals surface area contributed by atoms with Crippen molar-refractivity contribution >= 4 is 29.0 Å². The van der Waals surface area contributed by atoms with Crippen molar-refractivity contribution in [2.45, 2.75) is 19.8 Å². The van der Waals surface area contributed by atoms with E-state index in [9.17, 15) is 0 Å². The molecule has 2 aromatic rings. The summed E-state index contributed by atoms with van der Waals surface area (Å²) in [5, 5.41) is 9.14. The summed E-state index contributed by atoms with van der Waals surface area (Å²) in [5.41, 5.74) is 3.42. The van der Waals surface area contributed by atoms with Crippen LogP contribution in [-0.4, -0.2) is 16.3 Å². The molecule has 0 atom stereocenters. The summed E-state index contributed by atoms with van der Waals surface area (Å²) < 4.78 is 1.92. The van der Waals surface area contributed by atoms with Crippen molar-refractivity contribution in [1.82, 2.24) is 9.78 Å². The first-order valence-corrected chi connectivity index (χ1v) is 6.76. The van der Waals surface area contributed by atoms with Crippen molar-refractivity contribution in [3.05, 3.63) is 39.5 Å². The Labute approximate surface area is 116 Å². The Hall–Kier alpha value is -1.19. The number of benzene rings is 1. The van der Waals surface area contributed by atoms with E-state index in [4.69, 9.17) is 23.2 Å². The lowest BCUT2D eigenvalue weighted by molar-refractivity contribution is 0.832. The van der Waals surface area contributed by atoms with E-state index in [0.717, 1.165) is 36.6 Å². The molecule has 0 spiro atoms. The summed E-state index contributed by atoms with van der Waals surface area (Å²) >= 11 is 12.0. The van der Waals surface area contributed by atoms with Crippen LogP contribution in [0.3, 0.4) is 0 Å². The number of hydrogen-bond donors (Lipinski definition) is 1. The van der Waals surface area contributed by atoms with Gasteiger partial charge in [-0.15, -0.1) is 0 Å². The van der Waals surface area contributed by atoms with Crippen molar-refractivity contribution in [3.8, 4) is 5.69 Å². The van der Waals surface area contributed by atoms with Gasteiger partial charge in [0.1, 0.15) is 5.82 Å². The molecule has 1 aromatic heterocycles. The van der Waals surface area contributed by atoms with Gasteiger partial charge in [-0.3, -0.25) is 0 Å². The molecule has 0 radical (unpaired) electrons. The number of fused-ring (bicyclic) bond motifs is 1. The molecular formula is C13H13Cl2N3. The number of halogens is 2. The van der Waals surface area contributed by atoms with Gasteiger partial charge in [-0.05, 0) is 31.0 Å². The molecule has 94 valence electrons. The molecule has 18 heavy (non-hydrogen) atoms. The number of hydrogen-bond acceptors (Lipinski definition) is 2. The molecule has 0 bridgehead atoms. The van der Waals surface area contributed by atoms with Crippen LogP contribution in [0.25, 0.3) is 5.69 Å². The Morgan fingerprint density at radius 3 is 2.89 bits per heavy atom. The Morgan fingerprint density at radius 2 is 2.17 bits per heavy atom. The first kappa shape index (κ1) is 11.9. The third-order valence-electron chi connectivity index (χ3n) is 3.22. The minimum atomic E-state index is 0.550. The van der Waals surface area contributed by atoms with Crippen LogP contribution in [0.15, 0.2) is 18.2 Å². The van der Waals surface area contributed by atoms with Crippen LogP contribution in [-0.2, 0) is 12.8 Å². The lowest BCUT2D eigenvalue weighted by Crippen LogP contribution is -2.04. The summed E-state index contributed by atoms with van der Waals surface area (Å²) in [5.74, 6) is 1.09. The zero-order chi connectivity index (χ0) is 12.7. The topological polar surface area (TPSA) is 29.9 Å². The molecule has 1 aliphatic heterocycles. The molecule has 0 saturated heterocycles. The van der Waals surface area contributed by atoms with Gasteiger partial charge in [-0.1, -0.05) is 30.1 Å². The van der Waals surface area contributed by atoms with Crippen LogP contribution in [0.1, 0.15) is 18.2 Å². The summed E-state index contributed by atoms with van der Waals surface area (Å²) in [6.07, 6.45) is 1.98. The molecule has 1 N–H and O–H groups in total. The highest BCUT2D eigenvalue weighted by atomic mass is 35.5. The van der Waals surface area contributed by atoms with Crippen LogP contribution >= 0.6 is 23.2 Å². The monoisotopic (exact) mass is 281 g/mol. The SMILES string of the molecule is CCc1nn(-c2ccc(Cl)c(Cl)c2)c2c1CCN2. The standard InChI is InChI=1S/C13H13Cl2N3/c1-2-12-9-5-6-16-13(9)18(17-12)8-3-4-10(14)11(15)7-8/h3-4,7,16H,2,5-6H2,1H3. The molecule has 3 nitrogen and oxygen atoms in total. The van der Waals surface area contributed by atoms with Crippen LogP contribution in [0.2, 0.25) is 10.0 Å². The van der Waals surface area contributed by atoms with Gasteiger partial charge in [0.25, 0.3) is 0 Å². The van der Waals surface area contributed by atoms with Crippen molar-refractivity contribution in [1.29, 1.82) is 0 Å². The van der Waals surface area contributed by atoms with Crippen molar-refractivity contribution in [2.75, 3.05) is 11.9 Å².